The summed E-state index contributed by atoms with van der Waals surface area (Å²) in [4.78, 5) is 24.3. The van der Waals surface area contributed by atoms with Crippen molar-refractivity contribution in [1.82, 2.24) is 4.37 Å². The number of non-ortho nitro benzene ring substituents is 1. The zero-order chi connectivity index (χ0) is 22.4. The molecule has 1 aromatic heterocycles. The van der Waals surface area contributed by atoms with Crippen LogP contribution in [-0.2, 0) is 9.53 Å². The lowest BCUT2D eigenvalue weighted by molar-refractivity contribution is -0.384. The second-order valence-corrected chi connectivity index (χ2v) is 7.09. The number of carbonyl (C=O) groups is 1. The number of nitro benzene ring substituents is 1. The van der Waals surface area contributed by atoms with E-state index in [1.807, 2.05) is 19.9 Å². The van der Waals surface area contributed by atoms with Gasteiger partial charge in [-0.1, -0.05) is 0 Å². The van der Waals surface area contributed by atoms with Gasteiger partial charge in [-0.25, -0.2) is 4.79 Å². The Kier molecular flexibility index (Phi) is 7.08. The molecule has 0 fully saturated rings. The van der Waals surface area contributed by atoms with Crippen molar-refractivity contribution < 1.29 is 19.2 Å². The van der Waals surface area contributed by atoms with Crippen LogP contribution < -0.4 is 9.64 Å². The van der Waals surface area contributed by atoms with Crippen LogP contribution in [0.15, 0.2) is 46.6 Å². The fourth-order valence-electron chi connectivity index (χ4n) is 2.88. The minimum atomic E-state index is -0.517. The van der Waals surface area contributed by atoms with Crippen molar-refractivity contribution in [2.45, 2.75) is 13.8 Å². The molecule has 0 saturated carbocycles. The number of nitrogens with zero attached hydrogens (tertiary/aromatic N) is 5. The number of methoxy groups -OCH3 is 1. The molecule has 10 nitrogen and oxygen atoms in total. The SMILES string of the molecule is CCN(CC)c1ccc(/N=N/c2snc3ccc([N+](=O)[O-])cc23)c(OCC(=O)OC)c1. The van der Waals surface area contributed by atoms with Crippen LogP contribution in [0.1, 0.15) is 13.8 Å². The Morgan fingerprint density at radius 1 is 1.19 bits per heavy atom. The van der Waals surface area contributed by atoms with Crippen LogP contribution in [0.4, 0.5) is 22.1 Å². The number of rotatable bonds is 9. The van der Waals surface area contributed by atoms with Crippen molar-refractivity contribution in [3.8, 4) is 5.75 Å². The Labute approximate surface area is 182 Å². The summed E-state index contributed by atoms with van der Waals surface area (Å²) in [7, 11) is 1.28. The smallest absolute Gasteiger partial charge is 0.343 e. The van der Waals surface area contributed by atoms with Crippen LogP contribution >= 0.6 is 11.5 Å². The molecular weight excluding hydrogens is 422 g/mol. The number of anilines is 1. The molecule has 1 heterocycles. The third kappa shape index (κ3) is 5.12. The normalized spacial score (nSPS) is 11.1. The summed E-state index contributed by atoms with van der Waals surface area (Å²) < 4.78 is 14.5. The first-order valence-electron chi connectivity index (χ1n) is 9.51. The second-order valence-electron chi connectivity index (χ2n) is 6.34. The van der Waals surface area contributed by atoms with Crippen molar-refractivity contribution >= 4 is 50.5 Å². The molecule has 0 N–H and O–H groups in total. The molecule has 0 bridgehead atoms. The molecule has 3 rings (SSSR count). The van der Waals surface area contributed by atoms with E-state index in [4.69, 9.17) is 4.74 Å². The molecule has 0 aliphatic carbocycles. The van der Waals surface area contributed by atoms with Gasteiger partial charge in [0, 0.05) is 42.4 Å². The van der Waals surface area contributed by atoms with Crippen molar-refractivity contribution in [2.75, 3.05) is 31.7 Å². The van der Waals surface area contributed by atoms with Gasteiger partial charge >= 0.3 is 5.97 Å². The quantitative estimate of drug-likeness (QED) is 0.197. The molecule has 3 aromatic rings. The van der Waals surface area contributed by atoms with Crippen LogP contribution in [0, 0.1) is 10.1 Å². The first-order valence-corrected chi connectivity index (χ1v) is 10.3. The van der Waals surface area contributed by atoms with Gasteiger partial charge in [0.05, 0.1) is 17.5 Å². The standard InChI is InChI=1S/C20H21N5O5S/c1-4-24(5-2)13-6-9-17(18(11-13)30-12-19(26)29-3)21-22-20-15-10-14(25(27)28)7-8-16(15)23-31-20/h6-11H,4-5,12H2,1-3H3/b22-21+. The van der Waals surface area contributed by atoms with Crippen LogP contribution in [0.3, 0.4) is 0 Å². The number of carbonyl (C=O) groups excluding carboxylic acids is 1. The number of hydrogen-bond donors (Lipinski definition) is 0. The Morgan fingerprint density at radius 3 is 2.65 bits per heavy atom. The van der Waals surface area contributed by atoms with Gasteiger partial charge < -0.3 is 14.4 Å². The summed E-state index contributed by atoms with van der Waals surface area (Å²) in [6.45, 7) is 5.43. The van der Waals surface area contributed by atoms with Gasteiger partial charge in [-0.05, 0) is 43.6 Å². The molecule has 0 spiro atoms. The predicted octanol–water partition coefficient (Wildman–Crippen LogP) is 5.02. The van der Waals surface area contributed by atoms with Crippen LogP contribution in [0.2, 0.25) is 0 Å². The molecule has 0 aliphatic heterocycles. The van der Waals surface area contributed by atoms with E-state index in [1.54, 1.807) is 18.2 Å². The lowest BCUT2D eigenvalue weighted by Crippen LogP contribution is -2.21. The number of fused-ring (bicyclic) bond motifs is 1. The van der Waals surface area contributed by atoms with E-state index in [-0.39, 0.29) is 12.3 Å². The maximum absolute atomic E-state index is 11.5. The lowest BCUT2D eigenvalue weighted by Gasteiger charge is -2.22. The average molecular weight is 443 g/mol. The fraction of sp³-hybridized carbons (Fsp3) is 0.300. The summed E-state index contributed by atoms with van der Waals surface area (Å²) in [6, 6.07) is 9.82. The van der Waals surface area contributed by atoms with E-state index in [9.17, 15) is 14.9 Å². The number of esters is 1. The molecule has 0 unspecified atom stereocenters. The number of hydrogen-bond acceptors (Lipinski definition) is 10. The van der Waals surface area contributed by atoms with Crippen LogP contribution in [0.5, 0.6) is 5.75 Å². The topological polar surface area (TPSA) is 120 Å². The Hall–Kier alpha value is -3.60. The predicted molar refractivity (Wildman–Crippen MR) is 118 cm³/mol. The van der Waals surface area contributed by atoms with Gasteiger partial charge in [-0.2, -0.15) is 4.37 Å². The molecule has 0 radical (unpaired) electrons. The van der Waals surface area contributed by atoms with Crippen molar-refractivity contribution in [3.63, 3.8) is 0 Å². The monoisotopic (exact) mass is 443 g/mol. The van der Waals surface area contributed by atoms with Gasteiger partial charge in [0.2, 0.25) is 0 Å². The minimum absolute atomic E-state index is 0.0465. The Bertz CT molecular complexity index is 1130. The zero-order valence-electron chi connectivity index (χ0n) is 17.3. The van der Waals surface area contributed by atoms with Crippen molar-refractivity contribution in [1.29, 1.82) is 0 Å². The third-order valence-electron chi connectivity index (χ3n) is 4.55. The Morgan fingerprint density at radius 2 is 1.97 bits per heavy atom. The highest BCUT2D eigenvalue weighted by atomic mass is 32.1. The molecule has 31 heavy (non-hydrogen) atoms. The minimum Gasteiger partial charge on any atom is -0.479 e. The van der Waals surface area contributed by atoms with E-state index < -0.39 is 10.9 Å². The van der Waals surface area contributed by atoms with E-state index in [1.165, 1.54) is 19.2 Å². The van der Waals surface area contributed by atoms with E-state index in [0.717, 1.165) is 30.3 Å². The maximum atomic E-state index is 11.5. The van der Waals surface area contributed by atoms with E-state index in [2.05, 4.69) is 24.2 Å². The largest absolute Gasteiger partial charge is 0.479 e. The first-order chi connectivity index (χ1) is 15.0. The number of aromatic nitrogens is 1. The average Bonchev–Trinajstić information content (AvgIpc) is 3.19. The fourth-order valence-corrected chi connectivity index (χ4v) is 3.57. The van der Waals surface area contributed by atoms with Gasteiger partial charge in [0.25, 0.3) is 5.69 Å². The summed E-state index contributed by atoms with van der Waals surface area (Å²) in [5.74, 6) is -0.143. The van der Waals surface area contributed by atoms with Gasteiger partial charge in [-0.15, -0.1) is 10.2 Å². The highest BCUT2D eigenvalue weighted by molar-refractivity contribution is 7.11. The molecular formula is C20H21N5O5S. The second kappa shape index (κ2) is 9.94. The van der Waals surface area contributed by atoms with Crippen molar-refractivity contribution in [2.24, 2.45) is 10.2 Å². The molecule has 0 amide bonds. The van der Waals surface area contributed by atoms with Crippen LogP contribution in [-0.4, -0.2) is 42.1 Å². The zero-order valence-corrected chi connectivity index (χ0v) is 18.1. The third-order valence-corrected chi connectivity index (χ3v) is 5.31. The van der Waals surface area contributed by atoms with Gasteiger partial charge in [-0.3, -0.25) is 10.1 Å². The maximum Gasteiger partial charge on any atom is 0.343 e. The Balaban J connectivity index is 1.96. The number of azo groups is 1. The van der Waals surface area contributed by atoms with Crippen molar-refractivity contribution in [3.05, 3.63) is 46.5 Å². The number of benzene rings is 2. The molecule has 0 atom stereocenters. The molecule has 162 valence electrons. The molecule has 0 saturated heterocycles. The highest BCUT2D eigenvalue weighted by Crippen LogP contribution is 2.37. The number of nitro groups is 1. The van der Waals surface area contributed by atoms with E-state index in [0.29, 0.717) is 27.3 Å². The first kappa shape index (κ1) is 22.1. The summed E-state index contributed by atoms with van der Waals surface area (Å²) in [6.07, 6.45) is 0. The van der Waals surface area contributed by atoms with Gasteiger partial charge in [0.1, 0.15) is 11.4 Å². The molecule has 0 aliphatic rings. The summed E-state index contributed by atoms with van der Waals surface area (Å²) >= 11 is 1.09. The summed E-state index contributed by atoms with van der Waals surface area (Å²) in [5, 5.41) is 20.5. The highest BCUT2D eigenvalue weighted by Gasteiger charge is 2.14. The van der Waals surface area contributed by atoms with Crippen LogP contribution in [0.25, 0.3) is 10.9 Å². The van der Waals surface area contributed by atoms with Gasteiger partial charge in [0.15, 0.2) is 11.6 Å². The molecule has 11 heteroatoms. The lowest BCUT2D eigenvalue weighted by atomic mass is 10.2. The molecule has 2 aromatic carbocycles. The summed E-state index contributed by atoms with van der Waals surface area (Å²) in [5.41, 5.74) is 1.88. The number of ether oxygens (including phenoxy) is 2. The van der Waals surface area contributed by atoms with E-state index >= 15 is 0 Å².